The summed E-state index contributed by atoms with van der Waals surface area (Å²) >= 11 is 0. The quantitative estimate of drug-likeness (QED) is 0.640. The molecule has 3 rings (SSSR count). The first-order valence-corrected chi connectivity index (χ1v) is 7.80. The summed E-state index contributed by atoms with van der Waals surface area (Å²) in [4.78, 5) is 5.63. The van der Waals surface area contributed by atoms with E-state index in [1.807, 2.05) is 26.0 Å². The van der Waals surface area contributed by atoms with Gasteiger partial charge in [-0.25, -0.2) is 0 Å². The van der Waals surface area contributed by atoms with Crippen LogP contribution in [0.5, 0.6) is 5.75 Å². The van der Waals surface area contributed by atoms with Crippen LogP contribution in [-0.4, -0.2) is 37.0 Å². The van der Waals surface area contributed by atoms with E-state index in [1.54, 1.807) is 14.0 Å². The maximum atomic E-state index is 5.94. The fourth-order valence-electron chi connectivity index (χ4n) is 2.55. The molecule has 0 amide bonds. The first kappa shape index (κ1) is 16.1. The minimum Gasteiger partial charge on any atom is -0.493 e. The van der Waals surface area contributed by atoms with Crippen LogP contribution in [0.4, 0.5) is 0 Å². The van der Waals surface area contributed by atoms with Gasteiger partial charge in [0, 0.05) is 18.9 Å². The Hall–Kier alpha value is -2.77. The Morgan fingerprint density at radius 3 is 2.50 bits per heavy atom. The molecule has 0 unspecified atom stereocenters. The lowest BCUT2D eigenvalue weighted by Gasteiger charge is -2.13. The van der Waals surface area contributed by atoms with Gasteiger partial charge in [-0.05, 0) is 48.7 Å². The van der Waals surface area contributed by atoms with Gasteiger partial charge >= 0.3 is 0 Å². The minimum atomic E-state index is 0.589. The third-order valence-corrected chi connectivity index (χ3v) is 3.59. The van der Waals surface area contributed by atoms with Crippen molar-refractivity contribution in [2.75, 3.05) is 6.61 Å². The summed E-state index contributed by atoms with van der Waals surface area (Å²) < 4.78 is 10.9. The number of aromatic nitrogens is 6. The molecule has 2 heterocycles. The molecule has 0 saturated carbocycles. The molecule has 3 aromatic rings. The lowest BCUT2D eigenvalue weighted by atomic mass is 10.1. The highest BCUT2D eigenvalue weighted by Gasteiger charge is 2.11. The van der Waals surface area contributed by atoms with Crippen LogP contribution < -0.4 is 4.74 Å². The van der Waals surface area contributed by atoms with Gasteiger partial charge in [0.2, 0.25) is 11.7 Å². The van der Waals surface area contributed by atoms with Gasteiger partial charge in [-0.15, -0.1) is 10.2 Å². The second-order valence-corrected chi connectivity index (χ2v) is 5.72. The Labute approximate surface area is 139 Å². The SMILES string of the molecule is Cc1nc(CCCOc2c(C)cc(-c3nnn(C)n3)cc2C)no1. The second kappa shape index (κ2) is 6.77. The first-order chi connectivity index (χ1) is 11.5. The molecule has 1 aromatic carbocycles. The third kappa shape index (κ3) is 3.58. The normalized spacial score (nSPS) is 11.0. The van der Waals surface area contributed by atoms with Crippen molar-refractivity contribution in [3.05, 3.63) is 35.0 Å². The van der Waals surface area contributed by atoms with Crippen LogP contribution in [0.3, 0.4) is 0 Å². The van der Waals surface area contributed by atoms with Gasteiger partial charge in [-0.2, -0.15) is 9.78 Å². The van der Waals surface area contributed by atoms with E-state index >= 15 is 0 Å². The number of nitrogens with zero attached hydrogens (tertiary/aromatic N) is 6. The van der Waals surface area contributed by atoms with Crippen LogP contribution in [0, 0.1) is 20.8 Å². The van der Waals surface area contributed by atoms with E-state index in [1.165, 1.54) is 4.80 Å². The van der Waals surface area contributed by atoms with E-state index in [9.17, 15) is 0 Å². The number of rotatable bonds is 6. The van der Waals surface area contributed by atoms with E-state index in [4.69, 9.17) is 9.26 Å². The highest BCUT2D eigenvalue weighted by atomic mass is 16.5. The molecule has 0 saturated heterocycles. The number of benzene rings is 1. The molecule has 2 aromatic heterocycles. The van der Waals surface area contributed by atoms with E-state index < -0.39 is 0 Å². The molecule has 126 valence electrons. The Morgan fingerprint density at radius 1 is 1.17 bits per heavy atom. The van der Waals surface area contributed by atoms with Crippen LogP contribution in [0.15, 0.2) is 16.7 Å². The summed E-state index contributed by atoms with van der Waals surface area (Å²) in [5.74, 6) is 2.81. The molecular formula is C16H20N6O2. The van der Waals surface area contributed by atoms with Gasteiger partial charge in [0.15, 0.2) is 5.82 Å². The average molecular weight is 328 g/mol. The summed E-state index contributed by atoms with van der Waals surface area (Å²) in [6, 6.07) is 4.03. The van der Waals surface area contributed by atoms with Gasteiger partial charge in [0.25, 0.3) is 0 Å². The van der Waals surface area contributed by atoms with E-state index in [-0.39, 0.29) is 0 Å². The van der Waals surface area contributed by atoms with E-state index in [0.29, 0.717) is 24.1 Å². The number of aryl methyl sites for hydroxylation is 5. The van der Waals surface area contributed by atoms with Gasteiger partial charge in [-0.3, -0.25) is 0 Å². The van der Waals surface area contributed by atoms with Crippen LogP contribution in [0.25, 0.3) is 11.4 Å². The smallest absolute Gasteiger partial charge is 0.223 e. The van der Waals surface area contributed by atoms with Crippen molar-refractivity contribution in [1.29, 1.82) is 0 Å². The van der Waals surface area contributed by atoms with Crippen molar-refractivity contribution in [3.63, 3.8) is 0 Å². The Kier molecular flexibility index (Phi) is 4.54. The Balaban J connectivity index is 1.63. The van der Waals surface area contributed by atoms with Crippen molar-refractivity contribution < 1.29 is 9.26 Å². The molecular weight excluding hydrogens is 308 g/mol. The predicted octanol–water partition coefficient (Wildman–Crippen LogP) is 2.20. The fraction of sp³-hybridized carbons (Fsp3) is 0.438. The zero-order chi connectivity index (χ0) is 17.1. The number of hydrogen-bond acceptors (Lipinski definition) is 7. The van der Waals surface area contributed by atoms with Gasteiger partial charge in [0.1, 0.15) is 5.75 Å². The lowest BCUT2D eigenvalue weighted by Crippen LogP contribution is -2.03. The maximum absolute atomic E-state index is 5.94. The van der Waals surface area contributed by atoms with Gasteiger partial charge in [-0.1, -0.05) is 5.16 Å². The molecule has 0 aliphatic rings. The number of ether oxygens (including phenoxy) is 1. The summed E-state index contributed by atoms with van der Waals surface area (Å²) in [6.07, 6.45) is 1.56. The van der Waals surface area contributed by atoms with Crippen molar-refractivity contribution in [3.8, 4) is 17.1 Å². The largest absolute Gasteiger partial charge is 0.493 e. The zero-order valence-corrected chi connectivity index (χ0v) is 14.3. The van der Waals surface area contributed by atoms with E-state index in [0.717, 1.165) is 35.3 Å². The molecule has 0 atom stereocenters. The Bertz CT molecular complexity index is 816. The topological polar surface area (TPSA) is 91.8 Å². The summed E-state index contributed by atoms with van der Waals surface area (Å²) in [6.45, 7) is 6.42. The maximum Gasteiger partial charge on any atom is 0.223 e. The molecule has 0 bridgehead atoms. The molecule has 8 nitrogen and oxygen atoms in total. The molecule has 0 N–H and O–H groups in total. The van der Waals surface area contributed by atoms with Gasteiger partial charge < -0.3 is 9.26 Å². The highest BCUT2D eigenvalue weighted by molar-refractivity contribution is 5.60. The monoisotopic (exact) mass is 328 g/mol. The number of tetrazole rings is 1. The first-order valence-electron chi connectivity index (χ1n) is 7.80. The van der Waals surface area contributed by atoms with Crippen LogP contribution in [0.2, 0.25) is 0 Å². The van der Waals surface area contributed by atoms with Crippen molar-refractivity contribution in [1.82, 2.24) is 30.3 Å². The molecule has 0 radical (unpaired) electrons. The standard InChI is InChI=1S/C16H20N6O2/c1-10-8-13(16-18-21-22(4)19-16)9-11(2)15(10)23-7-5-6-14-17-12(3)24-20-14/h8-9H,5-7H2,1-4H3. The van der Waals surface area contributed by atoms with Crippen molar-refractivity contribution in [2.45, 2.75) is 33.6 Å². The van der Waals surface area contributed by atoms with Gasteiger partial charge in [0.05, 0.1) is 13.7 Å². The highest BCUT2D eigenvalue weighted by Crippen LogP contribution is 2.28. The average Bonchev–Trinajstić information content (AvgIpc) is 3.14. The zero-order valence-electron chi connectivity index (χ0n) is 14.3. The molecule has 0 aliphatic carbocycles. The minimum absolute atomic E-state index is 0.589. The lowest BCUT2D eigenvalue weighted by molar-refractivity contribution is 0.304. The van der Waals surface area contributed by atoms with Crippen LogP contribution >= 0.6 is 0 Å². The third-order valence-electron chi connectivity index (χ3n) is 3.59. The van der Waals surface area contributed by atoms with Crippen molar-refractivity contribution in [2.24, 2.45) is 7.05 Å². The summed E-state index contributed by atoms with van der Waals surface area (Å²) in [5.41, 5.74) is 3.04. The second-order valence-electron chi connectivity index (χ2n) is 5.72. The molecule has 0 spiro atoms. The van der Waals surface area contributed by atoms with Crippen molar-refractivity contribution >= 4 is 0 Å². The molecule has 8 heteroatoms. The predicted molar refractivity (Wildman–Crippen MR) is 86.6 cm³/mol. The molecule has 24 heavy (non-hydrogen) atoms. The molecule has 0 aliphatic heterocycles. The van der Waals surface area contributed by atoms with Crippen LogP contribution in [0.1, 0.15) is 29.3 Å². The summed E-state index contributed by atoms with van der Waals surface area (Å²) in [5, 5.41) is 16.0. The summed E-state index contributed by atoms with van der Waals surface area (Å²) in [7, 11) is 1.75. The molecule has 0 fully saturated rings. The fourth-order valence-corrected chi connectivity index (χ4v) is 2.55. The number of hydrogen-bond donors (Lipinski definition) is 0. The van der Waals surface area contributed by atoms with Crippen LogP contribution in [-0.2, 0) is 13.5 Å². The van der Waals surface area contributed by atoms with E-state index in [2.05, 4.69) is 25.6 Å². The Morgan fingerprint density at radius 2 is 1.92 bits per heavy atom.